The third kappa shape index (κ3) is 8.09. The quantitative estimate of drug-likeness (QED) is 0.244. The maximum absolute atomic E-state index is 12.5. The standard InChI is InChI=1S/C15H23N5O6S/c1-27-3-2-10(19-13(23)9(16)5-12(21)22)14(24)20-11(15(25)26)4-8-6-17-7-18-8/h6-7,9-11H,2-5,16H2,1H3,(H,17,18)(H,19,23)(H,20,24)(H,21,22)(H,25,26). The average molecular weight is 401 g/mol. The molecule has 150 valence electrons. The minimum Gasteiger partial charge on any atom is -0.481 e. The van der Waals surface area contributed by atoms with Gasteiger partial charge in [-0.05, 0) is 18.4 Å². The summed E-state index contributed by atoms with van der Waals surface area (Å²) in [5, 5.41) is 22.8. The Hall–Kier alpha value is -2.60. The number of aromatic amines is 1. The minimum absolute atomic E-state index is 0.0111. The third-order valence-electron chi connectivity index (χ3n) is 3.57. The van der Waals surface area contributed by atoms with Gasteiger partial charge in [0.25, 0.3) is 0 Å². The van der Waals surface area contributed by atoms with E-state index in [1.54, 1.807) is 0 Å². The van der Waals surface area contributed by atoms with Crippen LogP contribution in [0.1, 0.15) is 18.5 Å². The fourth-order valence-corrected chi connectivity index (χ4v) is 2.62. The van der Waals surface area contributed by atoms with Crippen molar-refractivity contribution in [1.29, 1.82) is 0 Å². The number of hydrogen-bond donors (Lipinski definition) is 6. The van der Waals surface area contributed by atoms with Gasteiger partial charge >= 0.3 is 11.9 Å². The van der Waals surface area contributed by atoms with Crippen molar-refractivity contribution in [3.63, 3.8) is 0 Å². The Morgan fingerprint density at radius 3 is 2.41 bits per heavy atom. The normalized spacial score (nSPS) is 14.0. The number of aliphatic carboxylic acids is 2. The second-order valence-corrected chi connectivity index (χ2v) is 6.71. The van der Waals surface area contributed by atoms with Gasteiger partial charge in [-0.25, -0.2) is 9.78 Å². The molecule has 11 nitrogen and oxygen atoms in total. The Labute approximate surface area is 159 Å². The van der Waals surface area contributed by atoms with E-state index in [1.807, 2.05) is 6.26 Å². The van der Waals surface area contributed by atoms with Crippen LogP contribution in [0, 0.1) is 0 Å². The number of imidazole rings is 1. The van der Waals surface area contributed by atoms with E-state index >= 15 is 0 Å². The fourth-order valence-electron chi connectivity index (χ4n) is 2.15. The molecule has 1 aromatic rings. The van der Waals surface area contributed by atoms with Gasteiger partial charge < -0.3 is 31.6 Å². The first-order chi connectivity index (χ1) is 12.7. The highest BCUT2D eigenvalue weighted by Gasteiger charge is 2.28. The van der Waals surface area contributed by atoms with Crippen LogP contribution in [0.3, 0.4) is 0 Å². The molecule has 2 amide bonds. The number of hydrogen-bond acceptors (Lipinski definition) is 7. The van der Waals surface area contributed by atoms with Gasteiger partial charge in [-0.15, -0.1) is 0 Å². The van der Waals surface area contributed by atoms with Crippen molar-refractivity contribution in [1.82, 2.24) is 20.6 Å². The molecule has 0 spiro atoms. The summed E-state index contributed by atoms with van der Waals surface area (Å²) < 4.78 is 0. The zero-order chi connectivity index (χ0) is 20.4. The van der Waals surface area contributed by atoms with Crippen LogP contribution in [-0.4, -0.2) is 74.1 Å². The van der Waals surface area contributed by atoms with Crippen LogP contribution in [0.4, 0.5) is 0 Å². The first-order valence-corrected chi connectivity index (χ1v) is 9.41. The smallest absolute Gasteiger partial charge is 0.326 e. The molecule has 1 aromatic heterocycles. The topological polar surface area (TPSA) is 188 Å². The molecule has 12 heteroatoms. The Morgan fingerprint density at radius 2 is 1.89 bits per heavy atom. The van der Waals surface area contributed by atoms with Gasteiger partial charge in [0.05, 0.1) is 18.8 Å². The molecule has 0 aliphatic rings. The number of thioether (sulfide) groups is 1. The monoisotopic (exact) mass is 401 g/mol. The maximum atomic E-state index is 12.5. The van der Waals surface area contributed by atoms with Crippen molar-refractivity contribution in [2.75, 3.05) is 12.0 Å². The molecule has 0 aliphatic heterocycles. The zero-order valence-corrected chi connectivity index (χ0v) is 15.5. The highest BCUT2D eigenvalue weighted by Crippen LogP contribution is 2.05. The minimum atomic E-state index is -1.31. The molecule has 0 radical (unpaired) electrons. The summed E-state index contributed by atoms with van der Waals surface area (Å²) in [6.07, 6.45) is 4.28. The molecule has 0 saturated carbocycles. The van der Waals surface area contributed by atoms with Crippen LogP contribution in [0.15, 0.2) is 12.5 Å². The predicted octanol–water partition coefficient (Wildman–Crippen LogP) is -1.44. The Bertz CT molecular complexity index is 653. The highest BCUT2D eigenvalue weighted by molar-refractivity contribution is 7.98. The van der Waals surface area contributed by atoms with Crippen LogP contribution in [-0.2, 0) is 25.6 Å². The Kier molecular flexibility index (Phi) is 9.30. The van der Waals surface area contributed by atoms with Crippen molar-refractivity contribution < 1.29 is 29.4 Å². The summed E-state index contributed by atoms with van der Waals surface area (Å²) in [5.74, 6) is -3.44. The molecule has 0 aromatic carbocycles. The number of H-pyrrole nitrogens is 1. The van der Waals surface area contributed by atoms with E-state index in [9.17, 15) is 24.3 Å². The number of carbonyl (C=O) groups excluding carboxylic acids is 2. The maximum Gasteiger partial charge on any atom is 0.326 e. The molecule has 27 heavy (non-hydrogen) atoms. The lowest BCUT2D eigenvalue weighted by atomic mass is 10.1. The lowest BCUT2D eigenvalue weighted by Crippen LogP contribution is -2.55. The molecular weight excluding hydrogens is 378 g/mol. The highest BCUT2D eigenvalue weighted by atomic mass is 32.2. The van der Waals surface area contributed by atoms with Crippen molar-refractivity contribution in [3.05, 3.63) is 18.2 Å². The zero-order valence-electron chi connectivity index (χ0n) is 14.7. The number of amides is 2. The van der Waals surface area contributed by atoms with E-state index in [0.717, 1.165) is 0 Å². The number of carboxylic acids is 2. The van der Waals surface area contributed by atoms with Gasteiger partial charge in [0.1, 0.15) is 12.1 Å². The van der Waals surface area contributed by atoms with Gasteiger partial charge in [-0.3, -0.25) is 14.4 Å². The summed E-state index contributed by atoms with van der Waals surface area (Å²) >= 11 is 1.44. The number of nitrogens with two attached hydrogens (primary N) is 1. The third-order valence-corrected chi connectivity index (χ3v) is 4.21. The average Bonchev–Trinajstić information content (AvgIpc) is 3.09. The van der Waals surface area contributed by atoms with E-state index in [1.165, 1.54) is 24.3 Å². The van der Waals surface area contributed by atoms with Crippen LogP contribution in [0.2, 0.25) is 0 Å². The number of aromatic nitrogens is 2. The lowest BCUT2D eigenvalue weighted by molar-refractivity contribution is -0.142. The van der Waals surface area contributed by atoms with E-state index in [2.05, 4.69) is 20.6 Å². The second kappa shape index (κ2) is 11.2. The lowest BCUT2D eigenvalue weighted by Gasteiger charge is -2.22. The molecule has 0 fully saturated rings. The second-order valence-electron chi connectivity index (χ2n) is 5.73. The molecule has 0 saturated heterocycles. The van der Waals surface area contributed by atoms with Gasteiger partial charge in [-0.1, -0.05) is 0 Å². The summed E-state index contributed by atoms with van der Waals surface area (Å²) in [6.45, 7) is 0. The largest absolute Gasteiger partial charge is 0.481 e. The first-order valence-electron chi connectivity index (χ1n) is 8.01. The molecule has 0 aliphatic carbocycles. The first kappa shape index (κ1) is 22.4. The Balaban J connectivity index is 2.77. The van der Waals surface area contributed by atoms with Crippen LogP contribution in [0.25, 0.3) is 0 Å². The molecule has 0 bridgehead atoms. The molecule has 1 rings (SSSR count). The Morgan fingerprint density at radius 1 is 1.22 bits per heavy atom. The van der Waals surface area contributed by atoms with Crippen molar-refractivity contribution in [3.8, 4) is 0 Å². The molecule has 7 N–H and O–H groups in total. The number of carboxylic acid groups (broad SMARTS) is 2. The summed E-state index contributed by atoms with van der Waals surface area (Å²) in [5.41, 5.74) is 6.02. The molecule has 3 atom stereocenters. The summed E-state index contributed by atoms with van der Waals surface area (Å²) in [7, 11) is 0. The van der Waals surface area contributed by atoms with Gasteiger partial charge in [0.2, 0.25) is 11.8 Å². The predicted molar refractivity (Wildman–Crippen MR) is 97.0 cm³/mol. The van der Waals surface area contributed by atoms with E-state index in [-0.39, 0.29) is 12.8 Å². The van der Waals surface area contributed by atoms with Crippen molar-refractivity contribution in [2.45, 2.75) is 37.4 Å². The van der Waals surface area contributed by atoms with Crippen LogP contribution >= 0.6 is 11.8 Å². The van der Waals surface area contributed by atoms with Gasteiger partial charge in [0.15, 0.2) is 0 Å². The van der Waals surface area contributed by atoms with Gasteiger partial charge in [0, 0.05) is 18.3 Å². The summed E-state index contributed by atoms with van der Waals surface area (Å²) in [6, 6.07) is -3.57. The molecule has 3 unspecified atom stereocenters. The van der Waals surface area contributed by atoms with Crippen molar-refractivity contribution in [2.24, 2.45) is 5.73 Å². The SMILES string of the molecule is CSCCC(NC(=O)C(N)CC(=O)O)C(=O)NC(Cc1cnc[nH]1)C(=O)O. The van der Waals surface area contributed by atoms with Gasteiger partial charge in [-0.2, -0.15) is 11.8 Å². The van der Waals surface area contributed by atoms with Crippen LogP contribution in [0.5, 0.6) is 0 Å². The fraction of sp³-hybridized carbons (Fsp3) is 0.533. The molecular formula is C15H23N5O6S. The summed E-state index contributed by atoms with van der Waals surface area (Å²) in [4.78, 5) is 53.1. The van der Waals surface area contributed by atoms with E-state index in [0.29, 0.717) is 11.4 Å². The number of nitrogens with one attached hydrogen (secondary N) is 3. The van der Waals surface area contributed by atoms with Crippen molar-refractivity contribution >= 4 is 35.5 Å². The van der Waals surface area contributed by atoms with Crippen LogP contribution < -0.4 is 16.4 Å². The number of nitrogens with zero attached hydrogens (tertiary/aromatic N) is 1. The van der Waals surface area contributed by atoms with E-state index < -0.39 is 48.3 Å². The van der Waals surface area contributed by atoms with E-state index in [4.69, 9.17) is 10.8 Å². The molecule has 1 heterocycles. The number of carbonyl (C=O) groups is 4. The number of rotatable bonds is 12.